The lowest BCUT2D eigenvalue weighted by Gasteiger charge is -2.05. The van der Waals surface area contributed by atoms with Crippen molar-refractivity contribution in [1.82, 2.24) is 4.98 Å². The molecule has 0 aliphatic carbocycles. The van der Waals surface area contributed by atoms with Gasteiger partial charge in [-0.15, -0.1) is 11.3 Å². The molecule has 0 saturated carbocycles. The van der Waals surface area contributed by atoms with Crippen LogP contribution in [0.15, 0.2) is 18.2 Å². The number of aryl methyl sites for hydroxylation is 3. The fourth-order valence-electron chi connectivity index (χ4n) is 1.70. The lowest BCUT2D eigenvalue weighted by Crippen LogP contribution is -2.05. The van der Waals surface area contributed by atoms with Crippen molar-refractivity contribution in [3.8, 4) is 11.3 Å². The van der Waals surface area contributed by atoms with E-state index in [1.807, 2.05) is 0 Å². The number of nitrogens with zero attached hydrogens (tertiary/aromatic N) is 1. The van der Waals surface area contributed by atoms with E-state index in [0.29, 0.717) is 0 Å². The van der Waals surface area contributed by atoms with Crippen LogP contribution in [0.4, 0.5) is 5.13 Å². The molecule has 1 aromatic carbocycles. The first-order valence-electron chi connectivity index (χ1n) is 5.13. The topological polar surface area (TPSA) is 50.9 Å². The SMILES string of the molecule is Cc1ccc(C)c(-c2nc(NN)sc2C)c1. The van der Waals surface area contributed by atoms with Gasteiger partial charge in [0, 0.05) is 10.4 Å². The Morgan fingerprint density at radius 3 is 2.62 bits per heavy atom. The third-order valence-corrected chi connectivity index (χ3v) is 3.47. The fourth-order valence-corrected chi connectivity index (χ4v) is 2.44. The summed E-state index contributed by atoms with van der Waals surface area (Å²) >= 11 is 1.58. The molecule has 0 aliphatic heterocycles. The van der Waals surface area contributed by atoms with Gasteiger partial charge in [0.05, 0.1) is 5.69 Å². The molecule has 0 atom stereocenters. The maximum absolute atomic E-state index is 5.38. The molecule has 84 valence electrons. The van der Waals surface area contributed by atoms with E-state index < -0.39 is 0 Å². The quantitative estimate of drug-likeness (QED) is 0.619. The van der Waals surface area contributed by atoms with E-state index in [2.05, 4.69) is 49.4 Å². The van der Waals surface area contributed by atoms with Crippen LogP contribution in [0.1, 0.15) is 16.0 Å². The highest BCUT2D eigenvalue weighted by Crippen LogP contribution is 2.32. The van der Waals surface area contributed by atoms with E-state index in [0.717, 1.165) is 10.8 Å². The number of hydrazine groups is 1. The number of hydrogen-bond acceptors (Lipinski definition) is 4. The molecule has 0 saturated heterocycles. The Morgan fingerprint density at radius 1 is 1.25 bits per heavy atom. The molecule has 0 aliphatic rings. The summed E-state index contributed by atoms with van der Waals surface area (Å²) in [5.74, 6) is 5.38. The van der Waals surface area contributed by atoms with E-state index >= 15 is 0 Å². The van der Waals surface area contributed by atoms with E-state index in [-0.39, 0.29) is 0 Å². The van der Waals surface area contributed by atoms with Crippen LogP contribution >= 0.6 is 11.3 Å². The van der Waals surface area contributed by atoms with E-state index in [1.54, 1.807) is 11.3 Å². The molecule has 0 unspecified atom stereocenters. The largest absolute Gasteiger partial charge is 0.300 e. The normalized spacial score (nSPS) is 10.5. The van der Waals surface area contributed by atoms with Gasteiger partial charge >= 0.3 is 0 Å². The average molecular weight is 233 g/mol. The van der Waals surface area contributed by atoms with Crippen LogP contribution < -0.4 is 11.3 Å². The number of nitrogens with one attached hydrogen (secondary N) is 1. The summed E-state index contributed by atoms with van der Waals surface area (Å²) in [6.45, 7) is 6.26. The molecule has 0 spiro atoms. The van der Waals surface area contributed by atoms with Gasteiger partial charge in [-0.2, -0.15) is 0 Å². The molecule has 0 fully saturated rings. The maximum Gasteiger partial charge on any atom is 0.197 e. The number of anilines is 1. The predicted molar refractivity (Wildman–Crippen MR) is 69.6 cm³/mol. The summed E-state index contributed by atoms with van der Waals surface area (Å²) in [7, 11) is 0. The fraction of sp³-hybridized carbons (Fsp3) is 0.250. The first-order valence-corrected chi connectivity index (χ1v) is 5.95. The van der Waals surface area contributed by atoms with Crippen LogP contribution in [0.25, 0.3) is 11.3 Å². The van der Waals surface area contributed by atoms with Gasteiger partial charge in [-0.1, -0.05) is 17.7 Å². The highest BCUT2D eigenvalue weighted by molar-refractivity contribution is 7.15. The number of aromatic nitrogens is 1. The second kappa shape index (κ2) is 4.23. The summed E-state index contributed by atoms with van der Waals surface area (Å²) in [4.78, 5) is 5.66. The molecular weight excluding hydrogens is 218 g/mol. The summed E-state index contributed by atoms with van der Waals surface area (Å²) in [6.07, 6.45) is 0. The van der Waals surface area contributed by atoms with Gasteiger partial charge in [0.25, 0.3) is 0 Å². The molecule has 1 heterocycles. The smallest absolute Gasteiger partial charge is 0.197 e. The Balaban J connectivity index is 2.57. The molecule has 0 radical (unpaired) electrons. The maximum atomic E-state index is 5.38. The number of nitrogen functional groups attached to an aromatic ring is 1. The Labute approximate surface area is 99.3 Å². The third kappa shape index (κ3) is 1.94. The van der Waals surface area contributed by atoms with Crippen LogP contribution in [0, 0.1) is 20.8 Å². The van der Waals surface area contributed by atoms with Crippen molar-refractivity contribution >= 4 is 16.5 Å². The summed E-state index contributed by atoms with van der Waals surface area (Å²) in [6, 6.07) is 6.40. The molecule has 0 bridgehead atoms. The molecule has 16 heavy (non-hydrogen) atoms. The van der Waals surface area contributed by atoms with Gasteiger partial charge in [0.15, 0.2) is 5.13 Å². The van der Waals surface area contributed by atoms with Crippen molar-refractivity contribution in [2.45, 2.75) is 20.8 Å². The van der Waals surface area contributed by atoms with E-state index in [9.17, 15) is 0 Å². The van der Waals surface area contributed by atoms with Crippen molar-refractivity contribution in [1.29, 1.82) is 0 Å². The molecular formula is C12H15N3S. The minimum Gasteiger partial charge on any atom is -0.300 e. The number of nitrogens with two attached hydrogens (primary N) is 1. The van der Waals surface area contributed by atoms with Gasteiger partial charge in [-0.25, -0.2) is 10.8 Å². The monoisotopic (exact) mass is 233 g/mol. The van der Waals surface area contributed by atoms with Crippen molar-refractivity contribution in [3.05, 3.63) is 34.2 Å². The Morgan fingerprint density at radius 2 is 2.00 bits per heavy atom. The van der Waals surface area contributed by atoms with Gasteiger partial charge in [-0.05, 0) is 32.4 Å². The zero-order chi connectivity index (χ0) is 11.7. The zero-order valence-corrected chi connectivity index (χ0v) is 10.5. The van der Waals surface area contributed by atoms with Crippen molar-refractivity contribution in [2.75, 3.05) is 5.43 Å². The molecule has 3 N–H and O–H groups in total. The molecule has 1 aromatic heterocycles. The van der Waals surface area contributed by atoms with Gasteiger partial charge in [-0.3, -0.25) is 5.43 Å². The Hall–Kier alpha value is -1.39. The molecule has 2 aromatic rings. The van der Waals surface area contributed by atoms with Crippen LogP contribution in [0.3, 0.4) is 0 Å². The molecule has 3 nitrogen and oxygen atoms in total. The highest BCUT2D eigenvalue weighted by Gasteiger charge is 2.11. The second-order valence-corrected chi connectivity index (χ2v) is 5.09. The second-order valence-electron chi connectivity index (χ2n) is 3.89. The first-order chi connectivity index (χ1) is 7.61. The van der Waals surface area contributed by atoms with E-state index in [4.69, 9.17) is 5.84 Å². The number of hydrogen-bond donors (Lipinski definition) is 2. The molecule has 0 amide bonds. The Bertz CT molecular complexity index is 517. The highest BCUT2D eigenvalue weighted by atomic mass is 32.1. The van der Waals surface area contributed by atoms with Crippen molar-refractivity contribution in [3.63, 3.8) is 0 Å². The van der Waals surface area contributed by atoms with Crippen LogP contribution in [-0.4, -0.2) is 4.98 Å². The minimum atomic E-state index is 0.758. The number of thiazole rings is 1. The summed E-state index contributed by atoms with van der Waals surface area (Å²) in [5.41, 5.74) is 7.30. The van der Waals surface area contributed by atoms with Crippen molar-refractivity contribution < 1.29 is 0 Å². The summed E-state index contributed by atoms with van der Waals surface area (Å²) < 4.78 is 0. The van der Waals surface area contributed by atoms with Gasteiger partial charge < -0.3 is 0 Å². The average Bonchev–Trinajstić information content (AvgIpc) is 2.63. The van der Waals surface area contributed by atoms with Crippen LogP contribution in [-0.2, 0) is 0 Å². The van der Waals surface area contributed by atoms with Crippen LogP contribution in [0.5, 0.6) is 0 Å². The standard InChI is InChI=1S/C12H15N3S/c1-7-4-5-8(2)10(6-7)11-9(3)16-12(14-11)15-13/h4-6H,13H2,1-3H3,(H,14,15). The Kier molecular flexibility index (Phi) is 2.94. The third-order valence-electron chi connectivity index (χ3n) is 2.57. The van der Waals surface area contributed by atoms with Crippen LogP contribution in [0.2, 0.25) is 0 Å². The lowest BCUT2D eigenvalue weighted by molar-refractivity contribution is 1.27. The zero-order valence-electron chi connectivity index (χ0n) is 9.66. The molecule has 2 rings (SSSR count). The summed E-state index contributed by atoms with van der Waals surface area (Å²) in [5, 5.41) is 0.758. The first kappa shape index (κ1) is 11.1. The lowest BCUT2D eigenvalue weighted by atomic mass is 10.0. The molecule has 4 heteroatoms. The predicted octanol–water partition coefficient (Wildman–Crippen LogP) is 3.02. The van der Waals surface area contributed by atoms with Gasteiger partial charge in [0.2, 0.25) is 0 Å². The minimum absolute atomic E-state index is 0.758. The number of benzene rings is 1. The van der Waals surface area contributed by atoms with Crippen molar-refractivity contribution in [2.24, 2.45) is 5.84 Å². The van der Waals surface area contributed by atoms with Gasteiger partial charge in [0.1, 0.15) is 0 Å². The van der Waals surface area contributed by atoms with E-state index in [1.165, 1.54) is 21.6 Å². The number of rotatable bonds is 2.